The third-order valence-corrected chi connectivity index (χ3v) is 2.06. The number of carbonyl (C=O) groups excluding carboxylic acids is 3. The molecule has 0 rings (SSSR count). The van der Waals surface area contributed by atoms with Gasteiger partial charge in [0.05, 0.1) is 0 Å². The number of hydrogen-bond donors (Lipinski definition) is 3. The Morgan fingerprint density at radius 1 is 1.25 bits per heavy atom. The average Bonchev–Trinajstić information content (AvgIpc) is 2.33. The molecule has 0 heterocycles. The first-order chi connectivity index (χ1) is 9.30. The molecule has 116 valence electrons. The molecule has 0 aliphatic rings. The maximum absolute atomic E-state index is 11.6. The van der Waals surface area contributed by atoms with Crippen LogP contribution in [0.15, 0.2) is 0 Å². The van der Waals surface area contributed by atoms with E-state index in [1.165, 1.54) is 0 Å². The largest absolute Gasteiger partial charge is 0.444 e. The molecule has 0 unspecified atom stereocenters. The Labute approximate surface area is 119 Å². The first kappa shape index (κ1) is 18.2. The van der Waals surface area contributed by atoms with E-state index in [0.717, 1.165) is 4.90 Å². The van der Waals surface area contributed by atoms with Gasteiger partial charge in [-0.05, 0) is 33.7 Å². The van der Waals surface area contributed by atoms with Gasteiger partial charge in [0.25, 0.3) is 0 Å². The minimum absolute atomic E-state index is 0.199. The van der Waals surface area contributed by atoms with Crippen LogP contribution in [0.1, 0.15) is 27.2 Å². The number of alkyl carbamates (subject to hydrolysis) is 1. The lowest BCUT2D eigenvalue weighted by Crippen LogP contribution is -2.43. The Morgan fingerprint density at radius 2 is 1.85 bits per heavy atom. The maximum Gasteiger partial charge on any atom is 0.407 e. The van der Waals surface area contributed by atoms with Crippen LogP contribution in [0.3, 0.4) is 0 Å². The van der Waals surface area contributed by atoms with Crippen LogP contribution in [-0.2, 0) is 9.53 Å². The lowest BCUT2D eigenvalue weighted by molar-refractivity contribution is -0.115. The number of hydrogen-bond acceptors (Lipinski definition) is 5. The quantitative estimate of drug-likeness (QED) is 0.451. The summed E-state index contributed by atoms with van der Waals surface area (Å²) in [5, 5.41) is 5.00. The average molecular weight is 288 g/mol. The monoisotopic (exact) mass is 288 g/mol. The molecule has 0 fully saturated rings. The number of nitrogens with two attached hydrogens (primary N) is 1. The predicted octanol–water partition coefficient (Wildman–Crippen LogP) is 0.0279. The fraction of sp³-hybridized carbons (Fsp3) is 0.750. The van der Waals surface area contributed by atoms with Crippen LogP contribution in [0.5, 0.6) is 0 Å². The van der Waals surface area contributed by atoms with Crippen molar-refractivity contribution in [3.63, 3.8) is 0 Å². The highest BCUT2D eigenvalue weighted by Gasteiger charge is 2.16. The van der Waals surface area contributed by atoms with Crippen LogP contribution in [0.25, 0.3) is 0 Å². The van der Waals surface area contributed by atoms with Gasteiger partial charge < -0.3 is 21.1 Å². The SMILES string of the molecule is CC(C)(C)OC(=O)NCCNC(=O)N(C=O)CCCN. The number of rotatable bonds is 7. The van der Waals surface area contributed by atoms with Crippen molar-refractivity contribution >= 4 is 18.5 Å². The summed E-state index contributed by atoms with van der Waals surface area (Å²) < 4.78 is 5.02. The van der Waals surface area contributed by atoms with E-state index >= 15 is 0 Å². The number of carbonyl (C=O) groups is 3. The smallest absolute Gasteiger partial charge is 0.407 e. The van der Waals surface area contributed by atoms with Gasteiger partial charge in [-0.15, -0.1) is 0 Å². The van der Waals surface area contributed by atoms with Gasteiger partial charge in [0.2, 0.25) is 6.41 Å². The lowest BCUT2D eigenvalue weighted by Gasteiger charge is -2.20. The standard InChI is InChI=1S/C12H24N4O4/c1-12(2,3)20-11(19)15-7-6-14-10(18)16(9-17)8-4-5-13/h9H,4-8,13H2,1-3H3,(H,14,18)(H,15,19). The van der Waals surface area contributed by atoms with Crippen LogP contribution in [-0.4, -0.2) is 55.2 Å². The van der Waals surface area contributed by atoms with Gasteiger partial charge in [-0.1, -0.05) is 0 Å². The third kappa shape index (κ3) is 9.15. The Kier molecular flexibility index (Phi) is 8.30. The number of urea groups is 1. The number of nitrogens with zero attached hydrogens (tertiary/aromatic N) is 1. The molecule has 0 atom stereocenters. The van der Waals surface area contributed by atoms with Crippen molar-refractivity contribution in [3.05, 3.63) is 0 Å². The molecule has 4 amide bonds. The molecule has 0 bridgehead atoms. The van der Waals surface area contributed by atoms with Crippen molar-refractivity contribution in [2.24, 2.45) is 5.73 Å². The Balaban J connectivity index is 3.85. The first-order valence-electron chi connectivity index (χ1n) is 6.47. The maximum atomic E-state index is 11.6. The Morgan fingerprint density at radius 3 is 2.35 bits per heavy atom. The van der Waals surface area contributed by atoms with Gasteiger partial charge in [0, 0.05) is 19.6 Å². The zero-order valence-electron chi connectivity index (χ0n) is 12.3. The van der Waals surface area contributed by atoms with E-state index in [1.807, 2.05) is 0 Å². The minimum Gasteiger partial charge on any atom is -0.444 e. The van der Waals surface area contributed by atoms with Crippen LogP contribution < -0.4 is 16.4 Å². The van der Waals surface area contributed by atoms with E-state index in [0.29, 0.717) is 19.4 Å². The molecule has 0 spiro atoms. The molecule has 0 aromatic rings. The van der Waals surface area contributed by atoms with Crippen LogP contribution >= 0.6 is 0 Å². The molecular formula is C12H24N4O4. The van der Waals surface area contributed by atoms with Crippen molar-refractivity contribution in [1.29, 1.82) is 0 Å². The summed E-state index contributed by atoms with van der Waals surface area (Å²) in [5.41, 5.74) is 4.74. The van der Waals surface area contributed by atoms with E-state index in [-0.39, 0.29) is 19.6 Å². The summed E-state index contributed by atoms with van der Waals surface area (Å²) in [5.74, 6) is 0. The lowest BCUT2D eigenvalue weighted by atomic mass is 10.2. The van der Waals surface area contributed by atoms with Crippen molar-refractivity contribution in [3.8, 4) is 0 Å². The number of ether oxygens (including phenoxy) is 1. The van der Waals surface area contributed by atoms with E-state index in [9.17, 15) is 14.4 Å². The highest BCUT2D eigenvalue weighted by atomic mass is 16.6. The van der Waals surface area contributed by atoms with Crippen molar-refractivity contribution < 1.29 is 19.1 Å². The van der Waals surface area contributed by atoms with Gasteiger partial charge in [0.1, 0.15) is 5.60 Å². The van der Waals surface area contributed by atoms with Crippen LogP contribution in [0.2, 0.25) is 0 Å². The molecule has 0 saturated carbocycles. The van der Waals surface area contributed by atoms with Gasteiger partial charge in [-0.3, -0.25) is 9.69 Å². The van der Waals surface area contributed by atoms with E-state index in [4.69, 9.17) is 10.5 Å². The van der Waals surface area contributed by atoms with Crippen molar-refractivity contribution in [2.75, 3.05) is 26.2 Å². The highest BCUT2D eigenvalue weighted by molar-refractivity contribution is 5.84. The summed E-state index contributed by atoms with van der Waals surface area (Å²) >= 11 is 0. The molecule has 8 heteroatoms. The molecule has 0 aromatic carbocycles. The third-order valence-electron chi connectivity index (χ3n) is 2.06. The topological polar surface area (TPSA) is 114 Å². The summed E-state index contributed by atoms with van der Waals surface area (Å²) in [4.78, 5) is 34.5. The van der Waals surface area contributed by atoms with Gasteiger partial charge in [-0.25, -0.2) is 9.59 Å². The predicted molar refractivity (Wildman–Crippen MR) is 74.1 cm³/mol. The second-order valence-corrected chi connectivity index (χ2v) is 5.10. The molecule has 0 aromatic heterocycles. The molecule has 0 aliphatic heterocycles. The zero-order chi connectivity index (χ0) is 15.6. The minimum atomic E-state index is -0.566. The highest BCUT2D eigenvalue weighted by Crippen LogP contribution is 2.05. The number of imide groups is 1. The van der Waals surface area contributed by atoms with Crippen molar-refractivity contribution in [1.82, 2.24) is 15.5 Å². The van der Waals surface area contributed by atoms with Gasteiger partial charge in [-0.2, -0.15) is 0 Å². The zero-order valence-corrected chi connectivity index (χ0v) is 12.3. The molecule has 0 saturated heterocycles. The summed E-state index contributed by atoms with van der Waals surface area (Å²) in [6.07, 6.45) is 0.441. The second kappa shape index (κ2) is 9.13. The van der Waals surface area contributed by atoms with E-state index < -0.39 is 17.7 Å². The molecule has 8 nitrogen and oxygen atoms in total. The molecular weight excluding hydrogens is 264 g/mol. The number of nitrogens with one attached hydrogen (secondary N) is 2. The Bertz CT molecular complexity index is 328. The summed E-state index contributed by atoms with van der Waals surface area (Å²) in [7, 11) is 0. The molecule has 0 aliphatic carbocycles. The molecule has 20 heavy (non-hydrogen) atoms. The normalized spacial score (nSPS) is 10.6. The summed E-state index contributed by atoms with van der Waals surface area (Å²) in [6.45, 7) is 6.35. The fourth-order valence-electron chi connectivity index (χ4n) is 1.21. The van der Waals surface area contributed by atoms with Gasteiger partial charge >= 0.3 is 12.1 Å². The van der Waals surface area contributed by atoms with E-state index in [1.54, 1.807) is 20.8 Å². The molecule has 0 radical (unpaired) electrons. The first-order valence-corrected chi connectivity index (χ1v) is 6.47. The van der Waals surface area contributed by atoms with Crippen LogP contribution in [0.4, 0.5) is 9.59 Å². The molecule has 4 N–H and O–H groups in total. The Hall–Kier alpha value is -1.83. The van der Waals surface area contributed by atoms with Crippen molar-refractivity contribution in [2.45, 2.75) is 32.8 Å². The van der Waals surface area contributed by atoms with E-state index in [2.05, 4.69) is 10.6 Å². The fourth-order valence-corrected chi connectivity index (χ4v) is 1.21. The van der Waals surface area contributed by atoms with Gasteiger partial charge in [0.15, 0.2) is 0 Å². The number of amides is 4. The van der Waals surface area contributed by atoms with Crippen LogP contribution in [0, 0.1) is 0 Å². The summed E-state index contributed by atoms with van der Waals surface area (Å²) in [6, 6.07) is -0.514. The second-order valence-electron chi connectivity index (χ2n) is 5.10.